The lowest BCUT2D eigenvalue weighted by atomic mass is 10.1. The normalized spacial score (nSPS) is 11.6. The lowest BCUT2D eigenvalue weighted by Gasteiger charge is -2.06. The van der Waals surface area contributed by atoms with Gasteiger partial charge in [-0.1, -0.05) is 35.3 Å². The topological polar surface area (TPSA) is 141 Å². The quantitative estimate of drug-likeness (QED) is 0.374. The number of nitrogens with zero attached hydrogens (tertiary/aromatic N) is 2. The molecule has 0 radical (unpaired) electrons. The monoisotopic (exact) mass is 507 g/mol. The number of aromatic nitrogens is 2. The number of halogens is 2. The summed E-state index contributed by atoms with van der Waals surface area (Å²) in [5.41, 5.74) is 7.70. The van der Waals surface area contributed by atoms with Gasteiger partial charge in [-0.3, -0.25) is 4.79 Å². The molecular formula is C20H15Cl2N5O3S2. The van der Waals surface area contributed by atoms with Crippen LogP contribution in [-0.2, 0) is 16.6 Å². The summed E-state index contributed by atoms with van der Waals surface area (Å²) in [5.74, 6) is -0.266. The van der Waals surface area contributed by atoms with Crippen molar-refractivity contribution in [3.63, 3.8) is 0 Å². The van der Waals surface area contributed by atoms with Crippen molar-refractivity contribution in [2.24, 2.45) is 5.14 Å². The first-order valence-electron chi connectivity index (χ1n) is 9.04. The van der Waals surface area contributed by atoms with Crippen LogP contribution in [0.5, 0.6) is 0 Å². The maximum Gasteiger partial charge on any atom is 0.261 e. The second-order valence-electron chi connectivity index (χ2n) is 6.76. The van der Waals surface area contributed by atoms with Gasteiger partial charge in [-0.25, -0.2) is 23.5 Å². The average molecular weight is 508 g/mol. The first-order valence-corrected chi connectivity index (χ1v) is 12.2. The Hall–Kier alpha value is -2.76. The van der Waals surface area contributed by atoms with Gasteiger partial charge in [0.25, 0.3) is 5.91 Å². The van der Waals surface area contributed by atoms with Crippen molar-refractivity contribution < 1.29 is 13.2 Å². The Morgan fingerprint density at radius 2 is 1.78 bits per heavy atom. The van der Waals surface area contributed by atoms with Crippen molar-refractivity contribution in [3.8, 4) is 11.3 Å². The Morgan fingerprint density at radius 3 is 2.44 bits per heavy atom. The molecule has 0 atom stereocenters. The average Bonchev–Trinajstić information content (AvgIpc) is 3.15. The van der Waals surface area contributed by atoms with Crippen LogP contribution in [0.2, 0.25) is 10.0 Å². The summed E-state index contributed by atoms with van der Waals surface area (Å²) in [5, 5.41) is 9.41. The number of fused-ring (bicyclic) bond motifs is 1. The zero-order chi connectivity index (χ0) is 23.0. The van der Waals surface area contributed by atoms with Crippen LogP contribution in [-0.4, -0.2) is 24.3 Å². The summed E-state index contributed by atoms with van der Waals surface area (Å²) in [6.45, 7) is 0.196. The molecule has 0 spiro atoms. The van der Waals surface area contributed by atoms with Gasteiger partial charge in [0.1, 0.15) is 4.83 Å². The van der Waals surface area contributed by atoms with Crippen LogP contribution in [0.1, 0.15) is 15.2 Å². The van der Waals surface area contributed by atoms with Crippen molar-refractivity contribution in [1.82, 2.24) is 15.3 Å². The van der Waals surface area contributed by atoms with Crippen LogP contribution >= 0.6 is 34.5 Å². The Morgan fingerprint density at radius 1 is 1.06 bits per heavy atom. The number of benzene rings is 2. The van der Waals surface area contributed by atoms with Crippen LogP contribution in [0.3, 0.4) is 0 Å². The number of thiophene rings is 1. The Kier molecular flexibility index (Phi) is 6.06. The standard InChI is InChI=1S/C20H15Cl2N5O3S2/c21-11-3-6-13(15(22)7-11)17-14-8-16(31-19(14)27-20(23)26-17)18(28)25-9-10-1-4-12(5-2-10)32(24,29)30/h1-8H,9H2,(H,25,28)(H2,23,26,27)(H2,24,29,30). The van der Waals surface area contributed by atoms with E-state index in [1.165, 1.54) is 23.5 Å². The molecular weight excluding hydrogens is 493 g/mol. The highest BCUT2D eigenvalue weighted by atomic mass is 35.5. The molecule has 2 aromatic heterocycles. The SMILES string of the molecule is Nc1nc(-c2ccc(Cl)cc2Cl)c2cc(C(=O)NCc3ccc(S(N)(=O)=O)cc3)sc2n1. The van der Waals surface area contributed by atoms with Gasteiger partial charge < -0.3 is 11.1 Å². The fourth-order valence-electron chi connectivity index (χ4n) is 3.00. The molecule has 12 heteroatoms. The number of carbonyl (C=O) groups is 1. The van der Waals surface area contributed by atoms with Gasteiger partial charge in [-0.05, 0) is 42.0 Å². The van der Waals surface area contributed by atoms with E-state index in [-0.39, 0.29) is 23.3 Å². The fraction of sp³-hybridized carbons (Fsp3) is 0.0500. The Labute approximate surface area is 197 Å². The van der Waals surface area contributed by atoms with Gasteiger partial charge in [0, 0.05) is 22.5 Å². The number of hydrogen-bond acceptors (Lipinski definition) is 7. The molecule has 5 N–H and O–H groups in total. The van der Waals surface area contributed by atoms with E-state index in [9.17, 15) is 13.2 Å². The Balaban J connectivity index is 1.60. The van der Waals surface area contributed by atoms with E-state index >= 15 is 0 Å². The van der Waals surface area contributed by atoms with Gasteiger partial charge in [0.05, 0.1) is 20.5 Å². The third-order valence-electron chi connectivity index (χ3n) is 4.53. The van der Waals surface area contributed by atoms with Crippen LogP contribution in [0.15, 0.2) is 53.4 Å². The molecule has 164 valence electrons. The summed E-state index contributed by atoms with van der Waals surface area (Å²) >= 11 is 13.5. The minimum Gasteiger partial charge on any atom is -0.368 e. The highest BCUT2D eigenvalue weighted by molar-refractivity contribution is 7.89. The number of amides is 1. The highest BCUT2D eigenvalue weighted by Crippen LogP contribution is 2.36. The number of rotatable bonds is 5. The maximum atomic E-state index is 12.7. The van der Waals surface area contributed by atoms with E-state index in [0.29, 0.717) is 42.0 Å². The molecule has 8 nitrogen and oxygen atoms in total. The molecule has 0 saturated heterocycles. The summed E-state index contributed by atoms with van der Waals surface area (Å²) in [6, 6.07) is 12.6. The van der Waals surface area contributed by atoms with Gasteiger partial charge in [0.2, 0.25) is 16.0 Å². The predicted octanol–water partition coefficient (Wildman–Crippen LogP) is 3.82. The second kappa shape index (κ2) is 8.64. The fourth-order valence-corrected chi connectivity index (χ4v) is 4.97. The van der Waals surface area contributed by atoms with E-state index in [1.807, 2.05) is 0 Å². The third kappa shape index (κ3) is 4.69. The largest absolute Gasteiger partial charge is 0.368 e. The summed E-state index contributed by atoms with van der Waals surface area (Å²) in [7, 11) is -3.77. The molecule has 0 aliphatic rings. The zero-order valence-corrected chi connectivity index (χ0v) is 19.3. The van der Waals surface area contributed by atoms with Gasteiger partial charge in [0.15, 0.2) is 0 Å². The van der Waals surface area contributed by atoms with E-state index < -0.39 is 10.0 Å². The third-order valence-corrected chi connectivity index (χ3v) is 7.03. The number of carbonyl (C=O) groups excluding carboxylic acids is 1. The summed E-state index contributed by atoms with van der Waals surface area (Å²) in [6.07, 6.45) is 0. The van der Waals surface area contributed by atoms with Crippen molar-refractivity contribution in [2.45, 2.75) is 11.4 Å². The van der Waals surface area contributed by atoms with E-state index in [1.54, 1.807) is 36.4 Å². The molecule has 0 aliphatic carbocycles. The lowest BCUT2D eigenvalue weighted by Crippen LogP contribution is -2.21. The molecule has 0 bridgehead atoms. The number of nitrogens with one attached hydrogen (secondary N) is 1. The van der Waals surface area contributed by atoms with Gasteiger partial charge in [-0.2, -0.15) is 0 Å². The highest BCUT2D eigenvalue weighted by Gasteiger charge is 2.18. The number of nitrogen functional groups attached to an aromatic ring is 1. The smallest absolute Gasteiger partial charge is 0.261 e. The molecule has 4 aromatic rings. The number of nitrogens with two attached hydrogens (primary N) is 2. The number of anilines is 1. The molecule has 0 saturated carbocycles. The molecule has 4 rings (SSSR count). The maximum absolute atomic E-state index is 12.7. The van der Waals surface area contributed by atoms with Crippen LogP contribution in [0.4, 0.5) is 5.95 Å². The van der Waals surface area contributed by atoms with Crippen LogP contribution in [0, 0.1) is 0 Å². The molecule has 32 heavy (non-hydrogen) atoms. The van der Waals surface area contributed by atoms with E-state index in [4.69, 9.17) is 34.1 Å². The molecule has 1 amide bonds. The lowest BCUT2D eigenvalue weighted by molar-refractivity contribution is 0.0955. The van der Waals surface area contributed by atoms with Crippen LogP contribution in [0.25, 0.3) is 21.5 Å². The first-order chi connectivity index (χ1) is 15.1. The molecule has 0 fully saturated rings. The van der Waals surface area contributed by atoms with Crippen molar-refractivity contribution >= 4 is 66.6 Å². The van der Waals surface area contributed by atoms with Crippen molar-refractivity contribution in [3.05, 3.63) is 69.0 Å². The predicted molar refractivity (Wildman–Crippen MR) is 126 cm³/mol. The second-order valence-corrected chi connectivity index (χ2v) is 10.2. The zero-order valence-electron chi connectivity index (χ0n) is 16.2. The molecule has 0 aliphatic heterocycles. The first kappa shape index (κ1) is 22.4. The van der Waals surface area contributed by atoms with E-state index in [2.05, 4.69) is 15.3 Å². The van der Waals surface area contributed by atoms with Crippen molar-refractivity contribution in [2.75, 3.05) is 5.73 Å². The van der Waals surface area contributed by atoms with Crippen molar-refractivity contribution in [1.29, 1.82) is 0 Å². The minimum atomic E-state index is -3.77. The van der Waals surface area contributed by atoms with Gasteiger partial charge in [-0.15, -0.1) is 11.3 Å². The van der Waals surface area contributed by atoms with E-state index in [0.717, 1.165) is 0 Å². The molecule has 2 heterocycles. The number of sulfonamides is 1. The van der Waals surface area contributed by atoms with Crippen LogP contribution < -0.4 is 16.2 Å². The summed E-state index contributed by atoms with van der Waals surface area (Å²) in [4.78, 5) is 22.2. The minimum absolute atomic E-state index is 0.00151. The number of primary sulfonamides is 1. The summed E-state index contributed by atoms with van der Waals surface area (Å²) < 4.78 is 22.7. The number of hydrogen-bond donors (Lipinski definition) is 3. The molecule has 0 unspecified atom stereocenters. The Bertz CT molecular complexity index is 1450. The molecule has 2 aromatic carbocycles. The van der Waals surface area contributed by atoms with Gasteiger partial charge >= 0.3 is 0 Å².